The van der Waals surface area contributed by atoms with Crippen molar-refractivity contribution in [3.63, 3.8) is 0 Å². The lowest BCUT2D eigenvalue weighted by atomic mass is 9.56. The van der Waals surface area contributed by atoms with Crippen LogP contribution in [0.1, 0.15) is 48.8 Å². The number of benzene rings is 3. The van der Waals surface area contributed by atoms with Crippen LogP contribution < -0.4 is 0 Å². The zero-order valence-electron chi connectivity index (χ0n) is 17.3. The van der Waals surface area contributed by atoms with Crippen LogP contribution in [0.3, 0.4) is 0 Å². The number of alkyl halides is 3. The lowest BCUT2D eigenvalue weighted by Gasteiger charge is -2.49. The fourth-order valence-corrected chi connectivity index (χ4v) is 8.01. The Morgan fingerprint density at radius 2 is 0.871 bits per heavy atom. The van der Waals surface area contributed by atoms with E-state index in [1.54, 1.807) is 0 Å². The van der Waals surface area contributed by atoms with Gasteiger partial charge in [0.15, 0.2) is 0 Å². The first-order valence-electron chi connectivity index (χ1n) is 11.1. The molecule has 0 amide bonds. The molecule has 3 heteroatoms. The van der Waals surface area contributed by atoms with Crippen LogP contribution in [0, 0.1) is 5.41 Å². The molecule has 0 saturated heterocycles. The minimum absolute atomic E-state index is 0.191. The van der Waals surface area contributed by atoms with Crippen LogP contribution in [-0.2, 0) is 16.2 Å². The first-order chi connectivity index (χ1) is 14.9. The van der Waals surface area contributed by atoms with E-state index < -0.39 is 27.8 Å². The van der Waals surface area contributed by atoms with Gasteiger partial charge in [0.2, 0.25) is 0 Å². The van der Waals surface area contributed by atoms with Crippen LogP contribution in [0.25, 0.3) is 0 Å². The van der Waals surface area contributed by atoms with Crippen LogP contribution in [0.5, 0.6) is 0 Å². The summed E-state index contributed by atoms with van der Waals surface area (Å²) in [5, 5.41) is 0. The van der Waals surface area contributed by atoms with E-state index in [1.165, 1.54) is 0 Å². The Bertz CT molecular complexity index is 1050. The van der Waals surface area contributed by atoms with Crippen molar-refractivity contribution >= 4 is 0 Å². The molecule has 4 aliphatic rings. The molecule has 3 aromatic rings. The molecule has 0 spiro atoms. The summed E-state index contributed by atoms with van der Waals surface area (Å²) in [4.78, 5) is 0. The second-order valence-electron chi connectivity index (χ2n) is 10.2. The van der Waals surface area contributed by atoms with E-state index in [-0.39, 0.29) is 19.3 Å². The van der Waals surface area contributed by atoms with E-state index in [0.717, 1.165) is 29.5 Å². The normalized spacial score (nSPS) is 36.1. The second kappa shape index (κ2) is 6.03. The van der Waals surface area contributed by atoms with Gasteiger partial charge in [-0.25, -0.2) is 0 Å². The van der Waals surface area contributed by atoms with Gasteiger partial charge in [-0.2, -0.15) is 13.2 Å². The zero-order valence-corrected chi connectivity index (χ0v) is 17.3. The van der Waals surface area contributed by atoms with Crippen LogP contribution in [0.4, 0.5) is 13.2 Å². The van der Waals surface area contributed by atoms with Crippen molar-refractivity contribution in [2.24, 2.45) is 5.41 Å². The molecule has 31 heavy (non-hydrogen) atoms. The average Bonchev–Trinajstić information content (AvgIpc) is 3.14. The minimum atomic E-state index is -4.22. The van der Waals surface area contributed by atoms with Crippen molar-refractivity contribution in [3.05, 3.63) is 108 Å². The topological polar surface area (TPSA) is 0 Å². The molecule has 4 aliphatic carbocycles. The molecule has 0 nitrogen and oxygen atoms in total. The van der Waals surface area contributed by atoms with Gasteiger partial charge in [0.1, 0.15) is 0 Å². The Balaban J connectivity index is 1.67. The van der Waals surface area contributed by atoms with E-state index in [0.29, 0.717) is 0 Å². The van der Waals surface area contributed by atoms with Gasteiger partial charge >= 0.3 is 6.18 Å². The summed E-state index contributed by atoms with van der Waals surface area (Å²) in [7, 11) is 0. The SMILES string of the molecule is FC(F)(F)C12CC3(c4ccccc4)CC(c4ccccc4)(C1)C(c1ccccc1)(C3)C2. The predicted octanol–water partition coefficient (Wildman–Crippen LogP) is 7.34. The molecular weight excluding hydrogens is 393 g/mol. The summed E-state index contributed by atoms with van der Waals surface area (Å²) in [6.45, 7) is 0. The largest absolute Gasteiger partial charge is 0.394 e. The smallest absolute Gasteiger partial charge is 0.171 e. The molecule has 0 heterocycles. The van der Waals surface area contributed by atoms with Gasteiger partial charge in [-0.1, -0.05) is 91.0 Å². The fourth-order valence-electron chi connectivity index (χ4n) is 8.01. The number of hydrogen-bond acceptors (Lipinski definition) is 0. The third-order valence-electron chi connectivity index (χ3n) is 8.79. The summed E-state index contributed by atoms with van der Waals surface area (Å²) < 4.78 is 44.6. The third-order valence-corrected chi connectivity index (χ3v) is 8.79. The molecule has 0 N–H and O–H groups in total. The second-order valence-corrected chi connectivity index (χ2v) is 10.2. The van der Waals surface area contributed by atoms with Crippen molar-refractivity contribution in [3.8, 4) is 0 Å². The van der Waals surface area contributed by atoms with Crippen molar-refractivity contribution in [1.29, 1.82) is 0 Å². The highest BCUT2D eigenvalue weighted by atomic mass is 19.4. The van der Waals surface area contributed by atoms with Crippen LogP contribution in [-0.4, -0.2) is 6.18 Å². The van der Waals surface area contributed by atoms with Crippen LogP contribution in [0.15, 0.2) is 91.0 Å². The fraction of sp³-hybridized carbons (Fsp3) is 0.357. The number of rotatable bonds is 3. The van der Waals surface area contributed by atoms with Gasteiger partial charge in [0.25, 0.3) is 0 Å². The Morgan fingerprint density at radius 3 is 1.26 bits per heavy atom. The molecule has 158 valence electrons. The highest BCUT2D eigenvalue weighted by molar-refractivity contribution is 5.52. The summed E-state index contributed by atoms with van der Waals surface area (Å²) in [5.41, 5.74) is 0.0775. The maximum atomic E-state index is 14.9. The molecular formula is C28H25F3. The first kappa shape index (κ1) is 19.2. The molecule has 7 rings (SSSR count). The van der Waals surface area contributed by atoms with Gasteiger partial charge in [0.05, 0.1) is 5.41 Å². The Kier molecular flexibility index (Phi) is 3.72. The number of hydrogen-bond donors (Lipinski definition) is 0. The van der Waals surface area contributed by atoms with Crippen molar-refractivity contribution in [2.45, 2.75) is 54.5 Å². The lowest BCUT2D eigenvalue weighted by molar-refractivity contribution is -0.241. The molecule has 3 aromatic carbocycles. The molecule has 2 atom stereocenters. The summed E-state index contributed by atoms with van der Waals surface area (Å²) in [6, 6.07) is 30.1. The summed E-state index contributed by atoms with van der Waals surface area (Å²) in [5.74, 6) is 0. The molecule has 0 radical (unpaired) electrons. The van der Waals surface area contributed by atoms with Gasteiger partial charge in [-0.3, -0.25) is 0 Å². The van der Waals surface area contributed by atoms with Crippen molar-refractivity contribution < 1.29 is 13.2 Å². The standard InChI is InChI=1S/C28H25F3/c29-28(30,31)25-16-24(21-10-4-1-5-11-21)17-26(19-25,22-12-6-2-7-13-22)27(18-24,20-25)23-14-8-3-9-15-23/h1-15H,16-20H2. The van der Waals surface area contributed by atoms with Gasteiger partial charge in [0, 0.05) is 10.8 Å². The predicted molar refractivity (Wildman–Crippen MR) is 116 cm³/mol. The highest BCUT2D eigenvalue weighted by Crippen LogP contribution is 2.82. The number of halogens is 3. The van der Waals surface area contributed by atoms with Crippen LogP contribution >= 0.6 is 0 Å². The maximum Gasteiger partial charge on any atom is 0.394 e. The van der Waals surface area contributed by atoms with Gasteiger partial charge in [-0.15, -0.1) is 0 Å². The first-order valence-corrected chi connectivity index (χ1v) is 11.1. The summed E-state index contributed by atoms with van der Waals surface area (Å²) in [6.07, 6.45) is -2.07. The van der Waals surface area contributed by atoms with Crippen molar-refractivity contribution in [1.82, 2.24) is 0 Å². The molecule has 4 saturated carbocycles. The average molecular weight is 419 g/mol. The van der Waals surface area contributed by atoms with Gasteiger partial charge in [-0.05, 0) is 54.2 Å². The molecule has 4 bridgehead atoms. The Hall–Kier alpha value is -2.55. The molecule has 2 unspecified atom stereocenters. The van der Waals surface area contributed by atoms with Gasteiger partial charge < -0.3 is 0 Å². The summed E-state index contributed by atoms with van der Waals surface area (Å²) >= 11 is 0. The molecule has 0 aliphatic heterocycles. The minimum Gasteiger partial charge on any atom is -0.171 e. The van der Waals surface area contributed by atoms with E-state index in [4.69, 9.17) is 0 Å². The van der Waals surface area contributed by atoms with E-state index in [2.05, 4.69) is 36.4 Å². The quantitative estimate of drug-likeness (QED) is 0.417. The monoisotopic (exact) mass is 418 g/mol. The van der Waals surface area contributed by atoms with Crippen LogP contribution in [0.2, 0.25) is 0 Å². The third kappa shape index (κ3) is 2.32. The van der Waals surface area contributed by atoms with E-state index in [1.807, 2.05) is 54.6 Å². The van der Waals surface area contributed by atoms with Crippen molar-refractivity contribution in [2.75, 3.05) is 0 Å². The highest BCUT2D eigenvalue weighted by Gasteiger charge is 2.81. The lowest BCUT2D eigenvalue weighted by Crippen LogP contribution is -2.49. The molecule has 0 aromatic heterocycles. The van der Waals surface area contributed by atoms with E-state index in [9.17, 15) is 13.2 Å². The zero-order chi connectivity index (χ0) is 21.4. The Morgan fingerprint density at radius 1 is 0.484 bits per heavy atom. The van der Waals surface area contributed by atoms with E-state index >= 15 is 0 Å². The maximum absolute atomic E-state index is 14.9. The molecule has 4 fully saturated rings. The Labute approximate surface area is 181 Å².